The highest BCUT2D eigenvalue weighted by molar-refractivity contribution is 14.1. The second kappa shape index (κ2) is 15.8. The van der Waals surface area contributed by atoms with Crippen LogP contribution in [0.25, 0.3) is 28.1 Å². The minimum atomic E-state index is -1.86. The zero-order valence-electron chi connectivity index (χ0n) is 31.4. The molecule has 50 heavy (non-hydrogen) atoms. The molecule has 1 fully saturated rings. The van der Waals surface area contributed by atoms with Crippen molar-refractivity contribution in [2.45, 2.75) is 90.8 Å². The number of carbonyl (C=O) groups excluding carboxylic acids is 1. The maximum atomic E-state index is 13.5. The van der Waals surface area contributed by atoms with Gasteiger partial charge in [0.1, 0.15) is 0 Å². The lowest BCUT2D eigenvalue weighted by molar-refractivity contribution is -0.129. The summed E-state index contributed by atoms with van der Waals surface area (Å²) in [6.07, 6.45) is 7.23. The van der Waals surface area contributed by atoms with Gasteiger partial charge >= 0.3 is 0 Å². The van der Waals surface area contributed by atoms with Crippen LogP contribution in [0.2, 0.25) is 18.1 Å². The molecule has 1 amide bonds. The highest BCUT2D eigenvalue weighted by Gasteiger charge is 2.37. The molecule has 0 bridgehead atoms. The minimum Gasteiger partial charge on any atom is -0.415 e. The molecule has 13 heteroatoms. The van der Waals surface area contributed by atoms with E-state index >= 15 is 0 Å². The molecule has 11 nitrogen and oxygen atoms in total. The summed E-state index contributed by atoms with van der Waals surface area (Å²) in [7, 11) is 4.10. The smallest absolute Gasteiger partial charge is 0.228 e. The van der Waals surface area contributed by atoms with Crippen molar-refractivity contribution in [2.24, 2.45) is 7.05 Å². The molecule has 1 saturated heterocycles. The van der Waals surface area contributed by atoms with Crippen molar-refractivity contribution in [1.29, 1.82) is 0 Å². The Morgan fingerprint density at radius 3 is 2.62 bits per heavy atom. The molecule has 4 heterocycles. The van der Waals surface area contributed by atoms with Crippen LogP contribution < -0.4 is 0 Å². The van der Waals surface area contributed by atoms with Crippen molar-refractivity contribution in [2.75, 3.05) is 40.4 Å². The number of halogens is 1. The minimum absolute atomic E-state index is 0.0414. The molecule has 1 aliphatic heterocycles. The Labute approximate surface area is 312 Å². The van der Waals surface area contributed by atoms with Crippen LogP contribution in [0.5, 0.6) is 0 Å². The van der Waals surface area contributed by atoms with Crippen LogP contribution in [0.15, 0.2) is 31.0 Å². The zero-order chi connectivity index (χ0) is 36.4. The monoisotopic (exact) mass is 814 g/mol. The van der Waals surface area contributed by atoms with Gasteiger partial charge in [0.05, 0.1) is 57.6 Å². The predicted molar refractivity (Wildman–Crippen MR) is 211 cm³/mol. The normalized spacial score (nSPS) is 15.7. The molecule has 272 valence electrons. The highest BCUT2D eigenvalue weighted by atomic mass is 127. The average molecular weight is 815 g/mol. The molecule has 3 aromatic heterocycles. The van der Waals surface area contributed by atoms with Gasteiger partial charge < -0.3 is 14.1 Å². The van der Waals surface area contributed by atoms with E-state index in [4.69, 9.17) is 19.4 Å². The number of amides is 1. The van der Waals surface area contributed by atoms with E-state index in [0.717, 1.165) is 80.8 Å². The van der Waals surface area contributed by atoms with Gasteiger partial charge in [-0.15, -0.1) is 0 Å². The summed E-state index contributed by atoms with van der Waals surface area (Å²) in [6.45, 7) is 21.3. The van der Waals surface area contributed by atoms with Gasteiger partial charge in [0.2, 0.25) is 5.91 Å². The van der Waals surface area contributed by atoms with Crippen molar-refractivity contribution < 1.29 is 14.0 Å². The fourth-order valence-corrected chi connectivity index (χ4v) is 7.75. The molecule has 1 aromatic carbocycles. The Bertz CT molecular complexity index is 1810. The first-order valence-electron chi connectivity index (χ1n) is 17.7. The fourth-order valence-electron chi connectivity index (χ4n) is 6.13. The Kier molecular flexibility index (Phi) is 12.1. The number of likely N-dealkylation sites (N-methyl/N-ethyl adjacent to an activating group) is 2. The van der Waals surface area contributed by atoms with Gasteiger partial charge in [-0.25, -0.2) is 4.68 Å². The third-order valence-corrected chi connectivity index (χ3v) is 16.4. The molecule has 0 radical (unpaired) electrons. The zero-order valence-corrected chi connectivity index (χ0v) is 34.6. The molecule has 0 N–H and O–H groups in total. The van der Waals surface area contributed by atoms with E-state index in [1.165, 1.54) is 0 Å². The van der Waals surface area contributed by atoms with E-state index in [2.05, 4.69) is 98.3 Å². The predicted octanol–water partition coefficient (Wildman–Crippen LogP) is 7.04. The third-order valence-electron chi connectivity index (χ3n) is 10.4. The van der Waals surface area contributed by atoms with Crippen molar-refractivity contribution in [3.05, 3.63) is 57.3 Å². The second-order valence-corrected chi connectivity index (χ2v) is 21.0. The van der Waals surface area contributed by atoms with Crippen LogP contribution >= 0.6 is 22.6 Å². The molecular formula is C37H55IN8O3Si. The van der Waals surface area contributed by atoms with Crippen molar-refractivity contribution >= 4 is 53.8 Å². The molecular weight excluding hydrogens is 759 g/mol. The van der Waals surface area contributed by atoms with Gasteiger partial charge in [-0.2, -0.15) is 15.3 Å². The first-order valence-corrected chi connectivity index (χ1v) is 21.7. The maximum absolute atomic E-state index is 13.5. The number of rotatable bonds is 14. The van der Waals surface area contributed by atoms with Crippen molar-refractivity contribution in [3.8, 4) is 11.1 Å². The number of benzene rings is 1. The molecule has 1 atom stereocenters. The van der Waals surface area contributed by atoms with Crippen LogP contribution in [0, 0.1) is 10.5 Å². The van der Waals surface area contributed by atoms with Gasteiger partial charge in [0, 0.05) is 51.3 Å². The van der Waals surface area contributed by atoms with E-state index in [-0.39, 0.29) is 17.2 Å². The van der Waals surface area contributed by atoms with E-state index in [1.54, 1.807) is 0 Å². The van der Waals surface area contributed by atoms with Crippen LogP contribution in [0.3, 0.4) is 0 Å². The van der Waals surface area contributed by atoms with Gasteiger partial charge in [-0.05, 0) is 97.7 Å². The highest BCUT2D eigenvalue weighted by Crippen LogP contribution is 2.37. The fraction of sp³-hybridized carbons (Fsp3) is 0.568. The molecule has 1 aliphatic rings. The number of aromatic nitrogens is 6. The van der Waals surface area contributed by atoms with Gasteiger partial charge in [0.15, 0.2) is 14.5 Å². The van der Waals surface area contributed by atoms with Crippen molar-refractivity contribution in [3.63, 3.8) is 0 Å². The summed E-state index contributed by atoms with van der Waals surface area (Å²) in [5, 5.41) is 15.5. The largest absolute Gasteiger partial charge is 0.415 e. The standard InChI is InChI=1S/C37H55IN8O3Si/c1-11-30-28-22-27(15-16-31(28)46(41-30)35-14-12-13-20-48-35)29-24-39-44(8)33(29)25-42(6)17-18-43(7)34(47)23-32-36(38)26(2)40-45(32)19-21-49-50(9,10)37(3,4)5/h11,15-16,22,24,35H,1,12-14,17-21,23,25H2,2-10H3. The van der Waals surface area contributed by atoms with E-state index in [1.807, 2.05) is 52.2 Å². The molecule has 4 aromatic rings. The van der Waals surface area contributed by atoms with E-state index in [9.17, 15) is 4.79 Å². The van der Waals surface area contributed by atoms with E-state index in [0.29, 0.717) is 32.7 Å². The third kappa shape index (κ3) is 8.43. The number of hydrogen-bond acceptors (Lipinski definition) is 7. The lowest BCUT2D eigenvalue weighted by atomic mass is 10.0. The lowest BCUT2D eigenvalue weighted by Crippen LogP contribution is -2.41. The quantitative estimate of drug-likeness (QED) is 0.0996. The molecule has 0 spiro atoms. The second-order valence-electron chi connectivity index (χ2n) is 15.1. The topological polar surface area (TPSA) is 95.5 Å². The van der Waals surface area contributed by atoms with E-state index < -0.39 is 8.32 Å². The van der Waals surface area contributed by atoms with Gasteiger partial charge in [0.25, 0.3) is 0 Å². The van der Waals surface area contributed by atoms with Crippen LogP contribution in [0.1, 0.15) is 69.0 Å². The number of fused-ring (bicyclic) bond motifs is 1. The molecule has 5 rings (SSSR count). The van der Waals surface area contributed by atoms with Crippen molar-refractivity contribution in [1.82, 2.24) is 39.1 Å². The SMILES string of the molecule is C=Cc1nn(C2CCCCO2)c2ccc(-c3cnn(C)c3CN(C)CCN(C)C(=O)Cc3c(I)c(C)nn3CCO[Si](C)(C)C(C)(C)C)cc12. The van der Waals surface area contributed by atoms with Gasteiger partial charge in [-0.3, -0.25) is 19.1 Å². The maximum Gasteiger partial charge on any atom is 0.228 e. The van der Waals surface area contributed by atoms with Crippen LogP contribution in [-0.4, -0.2) is 93.8 Å². The Balaban J connectivity index is 1.21. The first-order chi connectivity index (χ1) is 23.6. The van der Waals surface area contributed by atoms with Crippen LogP contribution in [0.4, 0.5) is 0 Å². The number of ether oxygens (including phenoxy) is 1. The summed E-state index contributed by atoms with van der Waals surface area (Å²) in [5.74, 6) is 0.0782. The molecule has 1 unspecified atom stereocenters. The average Bonchev–Trinajstić information content (AvgIpc) is 3.72. The molecule has 0 aliphatic carbocycles. The number of carbonyl (C=O) groups is 1. The van der Waals surface area contributed by atoms with Gasteiger partial charge in [-0.1, -0.05) is 33.4 Å². The first kappa shape index (κ1) is 38.4. The number of aryl methyl sites for hydroxylation is 2. The molecule has 0 saturated carbocycles. The summed E-state index contributed by atoms with van der Waals surface area (Å²) in [5.41, 5.74) is 7.10. The van der Waals surface area contributed by atoms with Crippen LogP contribution in [-0.2, 0) is 40.5 Å². The number of nitrogens with zero attached hydrogens (tertiary/aromatic N) is 8. The Morgan fingerprint density at radius 1 is 1.18 bits per heavy atom. The Hall–Kier alpha value is -2.85. The summed E-state index contributed by atoms with van der Waals surface area (Å²) >= 11 is 2.32. The lowest BCUT2D eigenvalue weighted by Gasteiger charge is -2.36. The summed E-state index contributed by atoms with van der Waals surface area (Å²) < 4.78 is 19.4. The Morgan fingerprint density at radius 2 is 1.94 bits per heavy atom. The summed E-state index contributed by atoms with van der Waals surface area (Å²) in [6, 6.07) is 6.48. The summed E-state index contributed by atoms with van der Waals surface area (Å²) in [4.78, 5) is 17.5. The number of hydrogen-bond donors (Lipinski definition) is 0.